The van der Waals surface area contributed by atoms with Gasteiger partial charge in [-0.25, -0.2) is 4.39 Å². The van der Waals surface area contributed by atoms with Gasteiger partial charge in [0.1, 0.15) is 11.6 Å². The molecule has 110 valence electrons. The van der Waals surface area contributed by atoms with Crippen LogP contribution in [0.4, 0.5) is 15.8 Å². The van der Waals surface area contributed by atoms with E-state index in [1.165, 1.54) is 13.2 Å². The minimum absolute atomic E-state index is 0.0450. The van der Waals surface area contributed by atoms with Crippen LogP contribution in [0, 0.1) is 5.82 Å². The zero-order chi connectivity index (χ0) is 15.2. The number of hydrogen-bond donors (Lipinski definition) is 2. The van der Waals surface area contributed by atoms with Crippen LogP contribution in [0.2, 0.25) is 0 Å². The summed E-state index contributed by atoms with van der Waals surface area (Å²) in [5, 5.41) is 5.45. The fourth-order valence-corrected chi connectivity index (χ4v) is 2.08. The lowest BCUT2D eigenvalue weighted by Crippen LogP contribution is -2.22. The van der Waals surface area contributed by atoms with E-state index in [1.807, 2.05) is 6.07 Å². The van der Waals surface area contributed by atoms with Crippen LogP contribution in [-0.4, -0.2) is 19.6 Å². The monoisotopic (exact) mass is 352 g/mol. The number of para-hydroxylation sites is 2. The summed E-state index contributed by atoms with van der Waals surface area (Å²) < 4.78 is 19.4. The van der Waals surface area contributed by atoms with E-state index in [-0.39, 0.29) is 18.1 Å². The molecule has 6 heteroatoms. The number of rotatable bonds is 5. The van der Waals surface area contributed by atoms with Gasteiger partial charge in [-0.3, -0.25) is 4.79 Å². The largest absolute Gasteiger partial charge is 0.495 e. The number of carbonyl (C=O) groups excluding carboxylic acids is 1. The van der Waals surface area contributed by atoms with Crippen LogP contribution in [0.25, 0.3) is 0 Å². The molecule has 0 saturated heterocycles. The molecule has 0 aliphatic carbocycles. The Morgan fingerprint density at radius 3 is 2.71 bits per heavy atom. The maximum absolute atomic E-state index is 13.6. The number of methoxy groups -OCH3 is 1. The second-order valence-electron chi connectivity index (χ2n) is 4.23. The van der Waals surface area contributed by atoms with Crippen LogP contribution < -0.4 is 15.4 Å². The Labute approximate surface area is 130 Å². The van der Waals surface area contributed by atoms with Crippen molar-refractivity contribution in [3.8, 4) is 5.75 Å². The maximum atomic E-state index is 13.6. The minimum Gasteiger partial charge on any atom is -0.495 e. The van der Waals surface area contributed by atoms with E-state index in [1.54, 1.807) is 30.3 Å². The Balaban J connectivity index is 1.96. The number of hydrogen-bond acceptors (Lipinski definition) is 3. The van der Waals surface area contributed by atoms with Gasteiger partial charge in [0, 0.05) is 4.47 Å². The molecule has 0 aromatic heterocycles. The lowest BCUT2D eigenvalue weighted by atomic mass is 10.3. The second-order valence-corrected chi connectivity index (χ2v) is 5.14. The van der Waals surface area contributed by atoms with Gasteiger partial charge in [-0.2, -0.15) is 0 Å². The van der Waals surface area contributed by atoms with Crippen molar-refractivity contribution in [2.75, 3.05) is 24.3 Å². The molecule has 2 aromatic carbocycles. The molecule has 0 saturated carbocycles. The van der Waals surface area contributed by atoms with Crippen molar-refractivity contribution in [3.63, 3.8) is 0 Å². The van der Waals surface area contributed by atoms with Gasteiger partial charge in [-0.1, -0.05) is 28.1 Å². The Hall–Kier alpha value is -2.08. The fraction of sp³-hybridized carbons (Fsp3) is 0.133. The average molecular weight is 353 g/mol. The number of ether oxygens (including phenoxy) is 1. The Morgan fingerprint density at radius 1 is 1.24 bits per heavy atom. The molecule has 0 unspecified atom stereocenters. The van der Waals surface area contributed by atoms with Gasteiger partial charge < -0.3 is 15.4 Å². The molecule has 0 aliphatic rings. The molecule has 0 atom stereocenters. The van der Waals surface area contributed by atoms with Gasteiger partial charge in [0.25, 0.3) is 0 Å². The molecule has 0 heterocycles. The van der Waals surface area contributed by atoms with E-state index in [0.717, 1.165) is 0 Å². The Kier molecular flexibility index (Phi) is 5.16. The van der Waals surface area contributed by atoms with E-state index in [4.69, 9.17) is 4.74 Å². The molecule has 0 spiro atoms. The molecule has 0 fully saturated rings. The van der Waals surface area contributed by atoms with Gasteiger partial charge in [-0.15, -0.1) is 0 Å². The van der Waals surface area contributed by atoms with Crippen molar-refractivity contribution >= 4 is 33.2 Å². The smallest absolute Gasteiger partial charge is 0.243 e. The molecule has 2 N–H and O–H groups in total. The quantitative estimate of drug-likeness (QED) is 0.863. The highest BCUT2D eigenvalue weighted by Crippen LogP contribution is 2.23. The molecule has 0 radical (unpaired) electrons. The minimum atomic E-state index is -0.422. The average Bonchev–Trinajstić information content (AvgIpc) is 2.47. The molecular formula is C15H14BrFN2O2. The first-order valence-corrected chi connectivity index (χ1v) is 7.01. The molecule has 21 heavy (non-hydrogen) atoms. The predicted octanol–water partition coefficient (Wildman–Crippen LogP) is 3.65. The van der Waals surface area contributed by atoms with Gasteiger partial charge in [0.05, 0.1) is 25.0 Å². The first-order valence-electron chi connectivity index (χ1n) is 6.22. The molecule has 2 aromatic rings. The van der Waals surface area contributed by atoms with Crippen molar-refractivity contribution in [1.29, 1.82) is 0 Å². The fourth-order valence-electron chi connectivity index (χ4n) is 1.75. The summed E-state index contributed by atoms with van der Waals surface area (Å²) in [5.41, 5.74) is 0.844. The summed E-state index contributed by atoms with van der Waals surface area (Å²) in [6, 6.07) is 11.7. The third-order valence-corrected chi connectivity index (χ3v) is 3.24. The van der Waals surface area contributed by atoms with Gasteiger partial charge in [0.15, 0.2) is 0 Å². The summed E-state index contributed by atoms with van der Waals surface area (Å²) in [7, 11) is 1.53. The SMILES string of the molecule is COc1ccccc1NC(=O)CNc1ccc(Br)cc1F. The second kappa shape index (κ2) is 7.08. The topological polar surface area (TPSA) is 50.4 Å². The van der Waals surface area contributed by atoms with Crippen molar-refractivity contribution in [3.05, 3.63) is 52.8 Å². The molecular weight excluding hydrogens is 339 g/mol. The number of amides is 1. The Morgan fingerprint density at radius 2 is 2.00 bits per heavy atom. The van der Waals surface area contributed by atoms with Crippen LogP contribution in [0.3, 0.4) is 0 Å². The highest BCUT2D eigenvalue weighted by Gasteiger charge is 2.08. The zero-order valence-electron chi connectivity index (χ0n) is 11.3. The first-order chi connectivity index (χ1) is 10.1. The predicted molar refractivity (Wildman–Crippen MR) is 84.2 cm³/mol. The Bertz CT molecular complexity index is 649. The van der Waals surface area contributed by atoms with E-state index in [9.17, 15) is 9.18 Å². The standard InChI is InChI=1S/C15H14BrFN2O2/c1-21-14-5-3-2-4-13(14)19-15(20)9-18-12-7-6-10(16)8-11(12)17/h2-8,18H,9H2,1H3,(H,19,20). The molecule has 0 bridgehead atoms. The van der Waals surface area contributed by atoms with Gasteiger partial charge >= 0.3 is 0 Å². The highest BCUT2D eigenvalue weighted by molar-refractivity contribution is 9.10. The third-order valence-electron chi connectivity index (χ3n) is 2.75. The van der Waals surface area contributed by atoms with E-state index >= 15 is 0 Å². The summed E-state index contributed by atoms with van der Waals surface area (Å²) in [5.74, 6) is -0.142. The van der Waals surface area contributed by atoms with Crippen LogP contribution in [0.15, 0.2) is 46.9 Å². The van der Waals surface area contributed by atoms with E-state index in [2.05, 4.69) is 26.6 Å². The van der Waals surface area contributed by atoms with Crippen LogP contribution >= 0.6 is 15.9 Å². The number of halogens is 2. The van der Waals surface area contributed by atoms with Crippen LogP contribution in [0.5, 0.6) is 5.75 Å². The summed E-state index contributed by atoms with van der Waals surface area (Å²) in [6.45, 7) is -0.0450. The number of anilines is 2. The normalized spacial score (nSPS) is 10.0. The summed E-state index contributed by atoms with van der Waals surface area (Å²) in [6.07, 6.45) is 0. The molecule has 1 amide bonds. The van der Waals surface area contributed by atoms with Crippen molar-refractivity contribution in [1.82, 2.24) is 0 Å². The maximum Gasteiger partial charge on any atom is 0.243 e. The van der Waals surface area contributed by atoms with E-state index in [0.29, 0.717) is 15.9 Å². The lowest BCUT2D eigenvalue weighted by molar-refractivity contribution is -0.114. The molecule has 4 nitrogen and oxygen atoms in total. The number of benzene rings is 2. The van der Waals surface area contributed by atoms with Crippen LogP contribution in [-0.2, 0) is 4.79 Å². The molecule has 0 aliphatic heterocycles. The zero-order valence-corrected chi connectivity index (χ0v) is 12.9. The van der Waals surface area contributed by atoms with Crippen LogP contribution in [0.1, 0.15) is 0 Å². The van der Waals surface area contributed by atoms with E-state index < -0.39 is 5.82 Å². The van der Waals surface area contributed by atoms with Gasteiger partial charge in [0.2, 0.25) is 5.91 Å². The number of carbonyl (C=O) groups is 1. The summed E-state index contributed by atoms with van der Waals surface area (Å²) in [4.78, 5) is 11.9. The highest BCUT2D eigenvalue weighted by atomic mass is 79.9. The van der Waals surface area contributed by atoms with Crippen molar-refractivity contribution < 1.29 is 13.9 Å². The summed E-state index contributed by atoms with van der Waals surface area (Å²) >= 11 is 3.18. The van der Waals surface area contributed by atoms with Crippen molar-refractivity contribution in [2.24, 2.45) is 0 Å². The van der Waals surface area contributed by atoms with Crippen molar-refractivity contribution in [2.45, 2.75) is 0 Å². The lowest BCUT2D eigenvalue weighted by Gasteiger charge is -2.11. The van der Waals surface area contributed by atoms with Gasteiger partial charge in [-0.05, 0) is 30.3 Å². The first kappa shape index (κ1) is 15.3. The number of nitrogens with one attached hydrogen (secondary N) is 2. The molecule has 2 rings (SSSR count). The third kappa shape index (κ3) is 4.19.